The minimum Gasteiger partial charge on any atom is -0.373 e. The van der Waals surface area contributed by atoms with Crippen molar-refractivity contribution >= 4 is 38.9 Å². The fraction of sp³-hybridized carbons (Fsp3) is 0.214. The van der Waals surface area contributed by atoms with Crippen molar-refractivity contribution in [2.24, 2.45) is 0 Å². The van der Waals surface area contributed by atoms with Crippen LogP contribution in [0.25, 0.3) is 0 Å². The lowest BCUT2D eigenvalue weighted by atomic mass is 10.1. The van der Waals surface area contributed by atoms with E-state index in [1.165, 1.54) is 5.56 Å². The van der Waals surface area contributed by atoms with Gasteiger partial charge in [-0.15, -0.1) is 11.3 Å². The lowest BCUT2D eigenvalue weighted by Gasteiger charge is -2.11. The van der Waals surface area contributed by atoms with Crippen molar-refractivity contribution in [1.29, 1.82) is 0 Å². The van der Waals surface area contributed by atoms with Gasteiger partial charge in [0.1, 0.15) is 6.04 Å². The Morgan fingerprint density at radius 2 is 2.21 bits per heavy atom. The van der Waals surface area contributed by atoms with Crippen LogP contribution >= 0.6 is 27.3 Å². The minimum absolute atomic E-state index is 0.0562. The second kappa shape index (κ2) is 5.35. The SMILES string of the molecule is O=C(NCc1ccc(Br)s1)[C@@H]1Cc2ccccc2N1. The fourth-order valence-electron chi connectivity index (χ4n) is 2.20. The van der Waals surface area contributed by atoms with E-state index in [0.717, 1.165) is 20.8 Å². The van der Waals surface area contributed by atoms with Gasteiger partial charge in [0.15, 0.2) is 0 Å². The Morgan fingerprint density at radius 1 is 1.37 bits per heavy atom. The third-order valence-corrected chi connectivity index (χ3v) is 4.78. The zero-order valence-electron chi connectivity index (χ0n) is 10.2. The average Bonchev–Trinajstić information content (AvgIpc) is 3.01. The third-order valence-electron chi connectivity index (χ3n) is 3.15. The molecular formula is C14H13BrN2OS. The number of hydrogen-bond donors (Lipinski definition) is 2. The number of benzene rings is 1. The Bertz CT molecular complexity index is 586. The quantitative estimate of drug-likeness (QED) is 0.903. The predicted molar refractivity (Wildman–Crippen MR) is 81.4 cm³/mol. The molecule has 1 aliphatic heterocycles. The predicted octanol–water partition coefficient (Wildman–Crippen LogP) is 3.16. The number of para-hydroxylation sites is 1. The zero-order chi connectivity index (χ0) is 13.2. The van der Waals surface area contributed by atoms with Gasteiger partial charge in [-0.05, 0) is 39.7 Å². The van der Waals surface area contributed by atoms with E-state index in [0.29, 0.717) is 6.54 Å². The van der Waals surface area contributed by atoms with Crippen molar-refractivity contribution in [2.45, 2.75) is 19.0 Å². The molecule has 0 saturated carbocycles. The summed E-state index contributed by atoms with van der Waals surface area (Å²) in [6, 6.07) is 11.9. The van der Waals surface area contributed by atoms with Gasteiger partial charge >= 0.3 is 0 Å². The molecule has 3 nitrogen and oxygen atoms in total. The van der Waals surface area contributed by atoms with Crippen molar-refractivity contribution in [3.63, 3.8) is 0 Å². The number of rotatable bonds is 3. The summed E-state index contributed by atoms with van der Waals surface area (Å²) in [5.74, 6) is 0.0562. The summed E-state index contributed by atoms with van der Waals surface area (Å²) in [6.45, 7) is 0.587. The highest BCUT2D eigenvalue weighted by molar-refractivity contribution is 9.11. The van der Waals surface area contributed by atoms with Gasteiger partial charge in [0.2, 0.25) is 5.91 Å². The van der Waals surface area contributed by atoms with Gasteiger partial charge < -0.3 is 10.6 Å². The van der Waals surface area contributed by atoms with Gasteiger partial charge in [0.05, 0.1) is 10.3 Å². The topological polar surface area (TPSA) is 41.1 Å². The van der Waals surface area contributed by atoms with Gasteiger partial charge in [-0.25, -0.2) is 0 Å². The molecule has 0 radical (unpaired) electrons. The van der Waals surface area contributed by atoms with Gasteiger partial charge in [-0.1, -0.05) is 18.2 Å². The molecule has 1 aromatic carbocycles. The highest BCUT2D eigenvalue weighted by atomic mass is 79.9. The molecule has 0 aliphatic carbocycles. The second-order valence-electron chi connectivity index (χ2n) is 4.48. The standard InChI is InChI=1S/C14H13BrN2OS/c15-13-6-5-10(19-13)8-16-14(18)12-7-9-3-1-2-4-11(9)17-12/h1-6,12,17H,7-8H2,(H,16,18)/t12-/m0/s1. The van der Waals surface area contributed by atoms with Gasteiger partial charge in [-0.2, -0.15) is 0 Å². The lowest BCUT2D eigenvalue weighted by molar-refractivity contribution is -0.121. The summed E-state index contributed by atoms with van der Waals surface area (Å²) in [5, 5.41) is 6.24. The smallest absolute Gasteiger partial charge is 0.243 e. The van der Waals surface area contributed by atoms with Crippen LogP contribution in [0.4, 0.5) is 5.69 Å². The average molecular weight is 337 g/mol. The van der Waals surface area contributed by atoms with Crippen LogP contribution in [-0.4, -0.2) is 11.9 Å². The molecule has 2 N–H and O–H groups in total. The monoisotopic (exact) mass is 336 g/mol. The number of halogens is 1. The molecule has 0 saturated heterocycles. The summed E-state index contributed by atoms with van der Waals surface area (Å²) >= 11 is 5.06. The molecule has 1 atom stereocenters. The molecule has 0 bridgehead atoms. The molecule has 2 heterocycles. The molecule has 2 aromatic rings. The van der Waals surface area contributed by atoms with E-state index in [4.69, 9.17) is 0 Å². The van der Waals surface area contributed by atoms with Crippen LogP contribution in [0.3, 0.4) is 0 Å². The number of fused-ring (bicyclic) bond motifs is 1. The maximum atomic E-state index is 12.1. The molecule has 0 spiro atoms. The Kier molecular flexibility index (Phi) is 3.57. The molecule has 3 rings (SSSR count). The number of carbonyl (C=O) groups is 1. The Morgan fingerprint density at radius 3 is 2.95 bits per heavy atom. The largest absolute Gasteiger partial charge is 0.373 e. The van der Waals surface area contributed by atoms with E-state index in [9.17, 15) is 4.79 Å². The van der Waals surface area contributed by atoms with E-state index in [2.05, 4.69) is 32.6 Å². The molecule has 1 amide bonds. The van der Waals surface area contributed by atoms with Crippen LogP contribution in [0.1, 0.15) is 10.4 Å². The molecule has 5 heteroatoms. The highest BCUT2D eigenvalue weighted by Gasteiger charge is 2.25. The third kappa shape index (κ3) is 2.82. The Labute approximate surface area is 124 Å². The first-order valence-corrected chi connectivity index (χ1v) is 7.70. The molecule has 0 unspecified atom stereocenters. The Balaban J connectivity index is 1.58. The molecule has 0 fully saturated rings. The number of amides is 1. The van der Waals surface area contributed by atoms with Crippen LogP contribution in [0, 0.1) is 0 Å². The summed E-state index contributed by atoms with van der Waals surface area (Å²) in [4.78, 5) is 13.3. The maximum Gasteiger partial charge on any atom is 0.243 e. The summed E-state index contributed by atoms with van der Waals surface area (Å²) < 4.78 is 1.09. The van der Waals surface area contributed by atoms with E-state index in [1.807, 2.05) is 30.3 Å². The van der Waals surface area contributed by atoms with Crippen LogP contribution in [0.15, 0.2) is 40.2 Å². The van der Waals surface area contributed by atoms with E-state index < -0.39 is 0 Å². The molecular weight excluding hydrogens is 324 g/mol. The van der Waals surface area contributed by atoms with E-state index in [1.54, 1.807) is 11.3 Å². The number of hydrogen-bond acceptors (Lipinski definition) is 3. The molecule has 1 aliphatic rings. The fourth-order valence-corrected chi connectivity index (χ4v) is 3.62. The van der Waals surface area contributed by atoms with E-state index in [-0.39, 0.29) is 11.9 Å². The van der Waals surface area contributed by atoms with Crippen LogP contribution in [0.2, 0.25) is 0 Å². The van der Waals surface area contributed by atoms with E-state index >= 15 is 0 Å². The van der Waals surface area contributed by atoms with Gasteiger partial charge in [0, 0.05) is 17.0 Å². The van der Waals surface area contributed by atoms with Crippen molar-refractivity contribution in [3.05, 3.63) is 50.6 Å². The van der Waals surface area contributed by atoms with Gasteiger partial charge in [-0.3, -0.25) is 4.79 Å². The van der Waals surface area contributed by atoms with Gasteiger partial charge in [0.25, 0.3) is 0 Å². The summed E-state index contributed by atoms with van der Waals surface area (Å²) in [7, 11) is 0. The number of carbonyl (C=O) groups excluding carboxylic acids is 1. The summed E-state index contributed by atoms with van der Waals surface area (Å²) in [6.07, 6.45) is 0.760. The first-order valence-electron chi connectivity index (χ1n) is 6.09. The molecule has 1 aromatic heterocycles. The van der Waals surface area contributed by atoms with Crippen LogP contribution in [-0.2, 0) is 17.8 Å². The minimum atomic E-state index is -0.152. The highest BCUT2D eigenvalue weighted by Crippen LogP contribution is 2.25. The number of thiophene rings is 1. The Hall–Kier alpha value is -1.33. The van der Waals surface area contributed by atoms with Crippen LogP contribution in [0.5, 0.6) is 0 Å². The zero-order valence-corrected chi connectivity index (χ0v) is 12.6. The maximum absolute atomic E-state index is 12.1. The van der Waals surface area contributed by atoms with Crippen molar-refractivity contribution in [2.75, 3.05) is 5.32 Å². The summed E-state index contributed by atoms with van der Waals surface area (Å²) in [5.41, 5.74) is 2.28. The first-order chi connectivity index (χ1) is 9.22. The molecule has 19 heavy (non-hydrogen) atoms. The van der Waals surface area contributed by atoms with Crippen molar-refractivity contribution in [1.82, 2.24) is 5.32 Å². The number of nitrogens with one attached hydrogen (secondary N) is 2. The van der Waals surface area contributed by atoms with Crippen molar-refractivity contribution in [3.8, 4) is 0 Å². The van der Waals surface area contributed by atoms with Crippen molar-refractivity contribution < 1.29 is 4.79 Å². The second-order valence-corrected chi connectivity index (χ2v) is 7.03. The first kappa shape index (κ1) is 12.7. The normalized spacial score (nSPS) is 16.8. The van der Waals surface area contributed by atoms with Crippen LogP contribution < -0.4 is 10.6 Å². The lowest BCUT2D eigenvalue weighted by Crippen LogP contribution is -2.37. The number of anilines is 1. The molecule has 98 valence electrons.